The topological polar surface area (TPSA) is 45.7 Å². The van der Waals surface area contributed by atoms with Crippen molar-refractivity contribution in [1.29, 1.82) is 0 Å². The summed E-state index contributed by atoms with van der Waals surface area (Å²) in [4.78, 5) is 21.1. The Hall–Kier alpha value is -3.05. The van der Waals surface area contributed by atoms with Gasteiger partial charge in [-0.05, 0) is 66.9 Å². The van der Waals surface area contributed by atoms with Gasteiger partial charge in [-0.3, -0.25) is 9.69 Å². The lowest BCUT2D eigenvalue weighted by Crippen LogP contribution is -2.35. The summed E-state index contributed by atoms with van der Waals surface area (Å²) in [6, 6.07) is 17.3. The molecule has 0 atom stereocenters. The van der Waals surface area contributed by atoms with Crippen molar-refractivity contribution in [3.63, 3.8) is 0 Å². The van der Waals surface area contributed by atoms with Crippen LogP contribution >= 0.6 is 11.6 Å². The van der Waals surface area contributed by atoms with Gasteiger partial charge >= 0.3 is 0 Å². The number of rotatable bonds is 7. The van der Waals surface area contributed by atoms with Gasteiger partial charge in [0, 0.05) is 31.0 Å². The Balaban J connectivity index is 1.77. The van der Waals surface area contributed by atoms with Gasteiger partial charge in [0.1, 0.15) is 11.6 Å². The second-order valence-electron chi connectivity index (χ2n) is 7.39. The molecular weight excluding hydrogens is 398 g/mol. The number of amides is 1. The SMILES string of the molecule is Cc1cc(OCC(=O)N(Cc2ccc(N(C)C)cc2)c2ccccn2)cc(C)c1Cl. The number of carbonyl (C=O) groups excluding carboxylic acids is 1. The number of aryl methyl sites for hydroxylation is 2. The zero-order valence-corrected chi connectivity index (χ0v) is 18.5. The number of aromatic nitrogens is 1. The van der Waals surface area contributed by atoms with Gasteiger partial charge in [-0.15, -0.1) is 0 Å². The Kier molecular flexibility index (Phi) is 6.95. The molecule has 0 aliphatic heterocycles. The normalized spacial score (nSPS) is 10.6. The Morgan fingerprint density at radius 1 is 1.03 bits per heavy atom. The van der Waals surface area contributed by atoms with Crippen LogP contribution in [0.2, 0.25) is 5.02 Å². The van der Waals surface area contributed by atoms with Crippen molar-refractivity contribution >= 4 is 29.0 Å². The fraction of sp³-hybridized carbons (Fsp3) is 0.250. The third-order valence-corrected chi connectivity index (χ3v) is 5.39. The highest BCUT2D eigenvalue weighted by Crippen LogP contribution is 2.26. The molecule has 1 amide bonds. The number of ether oxygens (including phenoxy) is 1. The van der Waals surface area contributed by atoms with Gasteiger partial charge in [-0.2, -0.15) is 0 Å². The van der Waals surface area contributed by atoms with Gasteiger partial charge in [0.15, 0.2) is 6.61 Å². The van der Waals surface area contributed by atoms with E-state index in [1.165, 1.54) is 0 Å². The molecule has 0 bridgehead atoms. The Bertz CT molecular complexity index is 982. The summed E-state index contributed by atoms with van der Waals surface area (Å²) in [7, 11) is 3.99. The summed E-state index contributed by atoms with van der Waals surface area (Å²) >= 11 is 6.22. The number of benzene rings is 2. The number of anilines is 2. The molecule has 0 N–H and O–H groups in total. The van der Waals surface area contributed by atoms with Crippen molar-refractivity contribution < 1.29 is 9.53 Å². The van der Waals surface area contributed by atoms with Crippen LogP contribution in [0.15, 0.2) is 60.8 Å². The fourth-order valence-electron chi connectivity index (χ4n) is 3.10. The van der Waals surface area contributed by atoms with Gasteiger partial charge in [0.05, 0.1) is 6.54 Å². The molecule has 2 aromatic carbocycles. The number of halogens is 1. The molecule has 0 saturated carbocycles. The molecule has 0 aliphatic carbocycles. The van der Waals surface area contributed by atoms with E-state index in [4.69, 9.17) is 16.3 Å². The number of hydrogen-bond acceptors (Lipinski definition) is 4. The molecule has 30 heavy (non-hydrogen) atoms. The van der Waals surface area contributed by atoms with E-state index in [1.807, 2.05) is 87.4 Å². The Labute approximate surface area is 182 Å². The van der Waals surface area contributed by atoms with E-state index in [0.29, 0.717) is 23.1 Å². The van der Waals surface area contributed by atoms with Crippen molar-refractivity contribution in [1.82, 2.24) is 4.98 Å². The molecule has 0 radical (unpaired) electrons. The van der Waals surface area contributed by atoms with Crippen LogP contribution in [0.3, 0.4) is 0 Å². The first-order valence-electron chi connectivity index (χ1n) is 9.72. The summed E-state index contributed by atoms with van der Waals surface area (Å²) in [6.07, 6.45) is 1.68. The lowest BCUT2D eigenvalue weighted by molar-refractivity contribution is -0.120. The van der Waals surface area contributed by atoms with E-state index in [0.717, 1.165) is 22.4 Å². The van der Waals surface area contributed by atoms with Crippen molar-refractivity contribution in [2.45, 2.75) is 20.4 Å². The van der Waals surface area contributed by atoms with Crippen molar-refractivity contribution in [3.8, 4) is 5.75 Å². The molecule has 156 valence electrons. The van der Waals surface area contributed by atoms with Crippen LogP contribution in [0.1, 0.15) is 16.7 Å². The predicted octanol–water partition coefficient (Wildman–Crippen LogP) is 5.03. The fourth-order valence-corrected chi connectivity index (χ4v) is 3.21. The highest BCUT2D eigenvalue weighted by molar-refractivity contribution is 6.32. The molecule has 6 heteroatoms. The first kappa shape index (κ1) is 21.7. The zero-order valence-electron chi connectivity index (χ0n) is 17.7. The molecule has 3 aromatic rings. The average molecular weight is 424 g/mol. The lowest BCUT2D eigenvalue weighted by Gasteiger charge is -2.22. The maximum absolute atomic E-state index is 13.1. The van der Waals surface area contributed by atoms with Gasteiger partial charge in [-0.25, -0.2) is 4.98 Å². The third-order valence-electron chi connectivity index (χ3n) is 4.79. The molecule has 5 nitrogen and oxygen atoms in total. The predicted molar refractivity (Wildman–Crippen MR) is 123 cm³/mol. The quantitative estimate of drug-likeness (QED) is 0.534. The van der Waals surface area contributed by atoms with E-state index >= 15 is 0 Å². The van der Waals surface area contributed by atoms with Gasteiger partial charge in [-0.1, -0.05) is 29.8 Å². The van der Waals surface area contributed by atoms with E-state index in [9.17, 15) is 4.79 Å². The van der Waals surface area contributed by atoms with E-state index in [1.54, 1.807) is 11.1 Å². The molecule has 3 rings (SSSR count). The van der Waals surface area contributed by atoms with Crippen LogP contribution in [0.5, 0.6) is 5.75 Å². The second kappa shape index (κ2) is 9.63. The summed E-state index contributed by atoms with van der Waals surface area (Å²) in [5.74, 6) is 1.04. The average Bonchev–Trinajstić information content (AvgIpc) is 2.75. The maximum Gasteiger partial charge on any atom is 0.266 e. The number of nitrogens with zero attached hydrogens (tertiary/aromatic N) is 3. The Morgan fingerprint density at radius 3 is 2.27 bits per heavy atom. The van der Waals surface area contributed by atoms with Gasteiger partial charge < -0.3 is 9.64 Å². The monoisotopic (exact) mass is 423 g/mol. The number of pyridine rings is 1. The molecule has 1 aromatic heterocycles. The standard InChI is InChI=1S/C24H26ClN3O2/c1-17-13-21(14-18(2)24(17)25)30-16-23(29)28(22-7-5-6-12-26-22)15-19-8-10-20(11-9-19)27(3)4/h5-14H,15-16H2,1-4H3. The minimum absolute atomic E-state index is 0.0904. The largest absolute Gasteiger partial charge is 0.484 e. The Morgan fingerprint density at radius 2 is 1.70 bits per heavy atom. The summed E-state index contributed by atoms with van der Waals surface area (Å²) in [6.45, 7) is 4.15. The molecule has 0 fully saturated rings. The second-order valence-corrected chi connectivity index (χ2v) is 7.77. The molecule has 1 heterocycles. The van der Waals surface area contributed by atoms with Gasteiger partial charge in [0.2, 0.25) is 0 Å². The highest BCUT2D eigenvalue weighted by atomic mass is 35.5. The molecule has 0 saturated heterocycles. The minimum Gasteiger partial charge on any atom is -0.484 e. The molecule has 0 spiro atoms. The lowest BCUT2D eigenvalue weighted by atomic mass is 10.1. The highest BCUT2D eigenvalue weighted by Gasteiger charge is 2.18. The van der Waals surface area contributed by atoms with Gasteiger partial charge in [0.25, 0.3) is 5.91 Å². The van der Waals surface area contributed by atoms with Crippen LogP contribution < -0.4 is 14.5 Å². The first-order valence-corrected chi connectivity index (χ1v) is 10.1. The molecule has 0 aliphatic rings. The van der Waals surface area contributed by atoms with Crippen molar-refractivity contribution in [2.75, 3.05) is 30.5 Å². The summed E-state index contributed by atoms with van der Waals surface area (Å²) in [5, 5.41) is 0.713. The van der Waals surface area contributed by atoms with Crippen molar-refractivity contribution in [3.05, 3.63) is 82.5 Å². The van der Waals surface area contributed by atoms with Crippen molar-refractivity contribution in [2.24, 2.45) is 0 Å². The number of hydrogen-bond donors (Lipinski definition) is 0. The summed E-state index contributed by atoms with van der Waals surface area (Å²) < 4.78 is 5.79. The van der Waals surface area contributed by atoms with Crippen LogP contribution in [-0.2, 0) is 11.3 Å². The summed E-state index contributed by atoms with van der Waals surface area (Å²) in [5.41, 5.74) is 3.95. The van der Waals surface area contributed by atoms with Crippen LogP contribution in [0.4, 0.5) is 11.5 Å². The van der Waals surface area contributed by atoms with Crippen LogP contribution in [0, 0.1) is 13.8 Å². The van der Waals surface area contributed by atoms with E-state index in [2.05, 4.69) is 4.98 Å². The third kappa shape index (κ3) is 5.30. The van der Waals surface area contributed by atoms with E-state index < -0.39 is 0 Å². The molecule has 0 unspecified atom stereocenters. The molecular formula is C24H26ClN3O2. The smallest absolute Gasteiger partial charge is 0.266 e. The minimum atomic E-state index is -0.171. The zero-order chi connectivity index (χ0) is 21.7. The van der Waals surface area contributed by atoms with Crippen LogP contribution in [-0.4, -0.2) is 31.6 Å². The number of carbonyl (C=O) groups is 1. The van der Waals surface area contributed by atoms with E-state index in [-0.39, 0.29) is 12.5 Å². The maximum atomic E-state index is 13.1. The van der Waals surface area contributed by atoms with Crippen LogP contribution in [0.25, 0.3) is 0 Å². The first-order chi connectivity index (χ1) is 14.3.